The second kappa shape index (κ2) is 7.33. The van der Waals surface area contributed by atoms with Gasteiger partial charge in [-0.15, -0.1) is 0 Å². The summed E-state index contributed by atoms with van der Waals surface area (Å²) in [7, 11) is 0. The highest BCUT2D eigenvalue weighted by atomic mass is 79.9. The lowest BCUT2D eigenvalue weighted by atomic mass is 9.62. The van der Waals surface area contributed by atoms with Crippen LogP contribution in [-0.2, 0) is 9.59 Å². The first-order valence-corrected chi connectivity index (χ1v) is 9.35. The predicted molar refractivity (Wildman–Crippen MR) is 104 cm³/mol. The van der Waals surface area contributed by atoms with Gasteiger partial charge in [-0.25, -0.2) is 0 Å². The first-order valence-electron chi connectivity index (χ1n) is 8.56. The molecule has 0 radical (unpaired) electrons. The Bertz CT molecular complexity index is 823. The Labute approximate surface area is 161 Å². The van der Waals surface area contributed by atoms with E-state index in [1.165, 1.54) is 6.08 Å². The Morgan fingerprint density at radius 3 is 2.81 bits per heavy atom. The van der Waals surface area contributed by atoms with Crippen molar-refractivity contribution in [1.29, 1.82) is 0 Å². The van der Waals surface area contributed by atoms with E-state index >= 15 is 0 Å². The van der Waals surface area contributed by atoms with Crippen LogP contribution in [0.5, 0.6) is 5.75 Å². The van der Waals surface area contributed by atoms with Crippen LogP contribution in [0.3, 0.4) is 0 Å². The molecule has 3 atom stereocenters. The number of ether oxygens (including phenoxy) is 1. The van der Waals surface area contributed by atoms with Gasteiger partial charge >= 0.3 is 0 Å². The molecule has 1 aromatic carbocycles. The number of carbonyl (C=O) groups excluding carboxylic acids is 2. The van der Waals surface area contributed by atoms with Crippen molar-refractivity contribution in [2.75, 3.05) is 13.2 Å². The van der Waals surface area contributed by atoms with Gasteiger partial charge in [0.1, 0.15) is 16.7 Å². The number of aliphatic hydroxyl groups excluding tert-OH is 1. The third kappa shape index (κ3) is 2.89. The van der Waals surface area contributed by atoms with Crippen LogP contribution >= 0.6 is 15.9 Å². The van der Waals surface area contributed by atoms with Gasteiger partial charge in [-0.1, -0.05) is 52.9 Å². The van der Waals surface area contributed by atoms with Gasteiger partial charge in [0.05, 0.1) is 6.61 Å². The van der Waals surface area contributed by atoms with Crippen LogP contribution in [0.15, 0.2) is 60.2 Å². The average Bonchev–Trinajstić information content (AvgIpc) is 2.64. The van der Waals surface area contributed by atoms with Gasteiger partial charge in [0.15, 0.2) is 11.6 Å². The van der Waals surface area contributed by atoms with Crippen molar-refractivity contribution in [2.24, 2.45) is 5.92 Å². The standard InChI is InChI=1S/C21H21BrO4/c1-3-14-8-9-16-17(24)12-13(2)20(25)21(16,22)19(14)15-6-4-5-7-18(15)26-11-10-23/h3-8,12,16,19,23H,1,9-11H2,2H3/t16-,19+,21-/m0/s1. The van der Waals surface area contributed by atoms with E-state index in [0.29, 0.717) is 17.7 Å². The smallest absolute Gasteiger partial charge is 0.177 e. The van der Waals surface area contributed by atoms with Crippen LogP contribution in [0.2, 0.25) is 0 Å². The maximum absolute atomic E-state index is 13.2. The van der Waals surface area contributed by atoms with Crippen molar-refractivity contribution in [3.8, 4) is 5.75 Å². The minimum Gasteiger partial charge on any atom is -0.491 e. The molecule has 0 saturated carbocycles. The van der Waals surface area contributed by atoms with E-state index in [2.05, 4.69) is 22.5 Å². The van der Waals surface area contributed by atoms with Crippen molar-refractivity contribution in [1.82, 2.24) is 0 Å². The number of hydrogen-bond donors (Lipinski definition) is 1. The van der Waals surface area contributed by atoms with Gasteiger partial charge in [-0.2, -0.15) is 0 Å². The zero-order chi connectivity index (χ0) is 18.9. The Hall–Kier alpha value is -1.98. The molecule has 1 aromatic rings. The molecule has 136 valence electrons. The van der Waals surface area contributed by atoms with Crippen molar-refractivity contribution < 1.29 is 19.4 Å². The lowest BCUT2D eigenvalue weighted by Gasteiger charge is -2.45. The summed E-state index contributed by atoms with van der Waals surface area (Å²) in [4.78, 5) is 25.8. The summed E-state index contributed by atoms with van der Waals surface area (Å²) in [6.07, 6.45) is 5.64. The third-order valence-corrected chi connectivity index (χ3v) is 6.44. The molecule has 0 saturated heterocycles. The average molecular weight is 417 g/mol. The van der Waals surface area contributed by atoms with E-state index in [9.17, 15) is 9.59 Å². The lowest BCUT2D eigenvalue weighted by Crippen LogP contribution is -2.53. The van der Waals surface area contributed by atoms with Crippen LogP contribution in [0.1, 0.15) is 24.8 Å². The minimum atomic E-state index is -1.07. The van der Waals surface area contributed by atoms with E-state index < -0.39 is 16.2 Å². The fourth-order valence-corrected chi connectivity index (χ4v) is 5.13. The number of ketones is 2. The highest BCUT2D eigenvalue weighted by Gasteiger charge is 2.57. The number of para-hydroxylation sites is 1. The Morgan fingerprint density at radius 1 is 1.38 bits per heavy atom. The largest absolute Gasteiger partial charge is 0.491 e. The number of allylic oxidation sites excluding steroid dienone is 5. The lowest BCUT2D eigenvalue weighted by molar-refractivity contribution is -0.128. The van der Waals surface area contributed by atoms with E-state index in [1.807, 2.05) is 30.3 Å². The molecule has 4 nitrogen and oxygen atoms in total. The van der Waals surface area contributed by atoms with Gasteiger partial charge < -0.3 is 9.84 Å². The first kappa shape index (κ1) is 18.8. The minimum absolute atomic E-state index is 0.0444. The van der Waals surface area contributed by atoms with Gasteiger partial charge in [0, 0.05) is 17.4 Å². The van der Waals surface area contributed by atoms with Crippen molar-refractivity contribution in [2.45, 2.75) is 23.6 Å². The summed E-state index contributed by atoms with van der Waals surface area (Å²) in [5, 5.41) is 9.11. The van der Waals surface area contributed by atoms with Gasteiger partial charge in [-0.3, -0.25) is 9.59 Å². The molecule has 3 rings (SSSR count). The molecular formula is C21H21BrO4. The molecule has 0 aliphatic heterocycles. The number of halogens is 1. The summed E-state index contributed by atoms with van der Waals surface area (Å²) >= 11 is 3.70. The van der Waals surface area contributed by atoms with Crippen LogP contribution in [0.25, 0.3) is 0 Å². The maximum atomic E-state index is 13.2. The molecule has 0 aromatic heterocycles. The number of aliphatic hydroxyl groups is 1. The summed E-state index contributed by atoms with van der Waals surface area (Å²) in [5.74, 6) is -0.424. The van der Waals surface area contributed by atoms with Crippen LogP contribution in [0.4, 0.5) is 0 Å². The number of rotatable bonds is 5. The SMILES string of the molecule is C=CC1=CC[C@H]2C(=O)C=C(C)C(=O)[C@@]2(Br)[C@H]1c1ccccc1OCCO. The Morgan fingerprint density at radius 2 is 2.12 bits per heavy atom. The summed E-state index contributed by atoms with van der Waals surface area (Å²) in [5.41, 5.74) is 2.13. The summed E-state index contributed by atoms with van der Waals surface area (Å²) in [6.45, 7) is 5.63. The second-order valence-electron chi connectivity index (χ2n) is 6.57. The number of Topliss-reactive ketones (excluding diaryl/α,β-unsaturated/α-hetero) is 1. The number of fused-ring (bicyclic) bond motifs is 1. The fourth-order valence-electron chi connectivity index (χ4n) is 3.89. The van der Waals surface area contributed by atoms with E-state index in [0.717, 1.165) is 11.1 Å². The molecule has 0 spiro atoms. The highest BCUT2D eigenvalue weighted by molar-refractivity contribution is 9.10. The molecule has 0 unspecified atom stereocenters. The normalized spacial score (nSPS) is 28.1. The molecule has 0 amide bonds. The number of alkyl halides is 1. The van der Waals surface area contributed by atoms with E-state index in [1.54, 1.807) is 13.0 Å². The number of hydrogen-bond acceptors (Lipinski definition) is 4. The maximum Gasteiger partial charge on any atom is 0.177 e. The molecule has 1 N–H and O–H groups in total. The number of carbonyl (C=O) groups is 2. The van der Waals surface area contributed by atoms with Crippen LogP contribution in [-0.4, -0.2) is 34.2 Å². The van der Waals surface area contributed by atoms with Gasteiger partial charge in [0.25, 0.3) is 0 Å². The zero-order valence-corrected chi connectivity index (χ0v) is 16.2. The molecule has 0 fully saturated rings. The fraction of sp³-hybridized carbons (Fsp3) is 0.333. The highest BCUT2D eigenvalue weighted by Crippen LogP contribution is 2.55. The van der Waals surface area contributed by atoms with Crippen molar-refractivity contribution in [3.63, 3.8) is 0 Å². The molecular weight excluding hydrogens is 396 g/mol. The third-order valence-electron chi connectivity index (χ3n) is 5.07. The molecule has 5 heteroatoms. The monoisotopic (exact) mass is 416 g/mol. The molecule has 2 aliphatic carbocycles. The van der Waals surface area contributed by atoms with Crippen molar-refractivity contribution >= 4 is 27.5 Å². The van der Waals surface area contributed by atoms with Crippen molar-refractivity contribution in [3.05, 3.63) is 65.8 Å². The number of benzene rings is 1. The van der Waals surface area contributed by atoms with E-state index in [-0.39, 0.29) is 24.8 Å². The zero-order valence-electron chi connectivity index (χ0n) is 14.6. The first-order chi connectivity index (χ1) is 12.4. The Kier molecular flexibility index (Phi) is 5.30. The summed E-state index contributed by atoms with van der Waals surface area (Å²) < 4.78 is 4.63. The predicted octanol–water partition coefficient (Wildman–Crippen LogP) is 3.51. The molecule has 26 heavy (non-hydrogen) atoms. The molecule has 0 bridgehead atoms. The van der Waals surface area contributed by atoms with E-state index in [4.69, 9.17) is 9.84 Å². The van der Waals surface area contributed by atoms with Gasteiger partial charge in [0.2, 0.25) is 0 Å². The van der Waals surface area contributed by atoms with Gasteiger partial charge in [-0.05, 0) is 36.6 Å². The summed E-state index contributed by atoms with van der Waals surface area (Å²) in [6, 6.07) is 7.42. The molecule has 0 heterocycles. The Balaban J connectivity index is 2.20. The topological polar surface area (TPSA) is 63.6 Å². The van der Waals surface area contributed by atoms with Crippen LogP contribution in [0, 0.1) is 5.92 Å². The quantitative estimate of drug-likeness (QED) is 0.745. The van der Waals surface area contributed by atoms with Crippen LogP contribution < -0.4 is 4.74 Å². The second-order valence-corrected chi connectivity index (χ2v) is 7.88. The molecule has 2 aliphatic rings.